The minimum Gasteiger partial charge on any atom is -0.481 e. The predicted octanol–water partition coefficient (Wildman–Crippen LogP) is 2.50. The molecule has 11 heteroatoms. The van der Waals surface area contributed by atoms with Gasteiger partial charge in [0.15, 0.2) is 0 Å². The molecule has 3 N–H and O–H groups in total. The molecule has 0 saturated carbocycles. The van der Waals surface area contributed by atoms with Gasteiger partial charge in [-0.1, -0.05) is 12.1 Å². The second-order valence-corrected chi connectivity index (χ2v) is 8.18. The number of hydrogen-bond acceptors (Lipinski definition) is 8. The molecule has 0 radical (unpaired) electrons. The lowest BCUT2D eigenvalue weighted by Gasteiger charge is -2.36. The number of benzene rings is 1. The maximum absolute atomic E-state index is 12.9. The molecule has 2 aromatic heterocycles. The highest BCUT2D eigenvalue weighted by molar-refractivity contribution is 7.13. The van der Waals surface area contributed by atoms with E-state index in [2.05, 4.69) is 20.2 Å². The van der Waals surface area contributed by atoms with Gasteiger partial charge in [0.25, 0.3) is 5.91 Å². The van der Waals surface area contributed by atoms with E-state index >= 15 is 0 Å². The minimum atomic E-state index is -0.320. The molecule has 1 fully saturated rings. The Morgan fingerprint density at radius 3 is 2.67 bits per heavy atom. The van der Waals surface area contributed by atoms with Crippen LogP contribution in [0, 0.1) is 0 Å². The van der Waals surface area contributed by atoms with E-state index in [1.165, 1.54) is 11.3 Å². The summed E-state index contributed by atoms with van der Waals surface area (Å²) in [4.78, 5) is 36.9. The van der Waals surface area contributed by atoms with Gasteiger partial charge in [-0.25, -0.2) is 9.97 Å². The number of nitrogens with one attached hydrogen (secondary N) is 1. The molecule has 2 amide bonds. The smallest absolute Gasteiger partial charge is 0.275 e. The number of rotatable bonds is 7. The van der Waals surface area contributed by atoms with Crippen LogP contribution < -0.4 is 20.7 Å². The van der Waals surface area contributed by atoms with Gasteiger partial charge in [-0.15, -0.1) is 23.7 Å². The number of primary amides is 1. The highest BCUT2D eigenvalue weighted by Crippen LogP contribution is 2.29. The summed E-state index contributed by atoms with van der Waals surface area (Å²) < 4.78 is 5.16. The first kappa shape index (κ1) is 24.4. The fourth-order valence-corrected chi connectivity index (χ4v) is 4.37. The number of amides is 2. The molecular formula is C22H25ClN6O3S. The van der Waals surface area contributed by atoms with Gasteiger partial charge in [0.05, 0.1) is 25.0 Å². The zero-order chi connectivity index (χ0) is 22.5. The van der Waals surface area contributed by atoms with Crippen molar-refractivity contribution in [3.8, 4) is 16.5 Å². The summed E-state index contributed by atoms with van der Waals surface area (Å²) in [5, 5.41) is 5.45. The van der Waals surface area contributed by atoms with Crippen LogP contribution in [-0.2, 0) is 4.79 Å². The molecule has 3 aromatic rings. The summed E-state index contributed by atoms with van der Waals surface area (Å²) in [5.74, 6) is -0.0964. The third-order valence-electron chi connectivity index (χ3n) is 5.17. The maximum Gasteiger partial charge on any atom is 0.275 e. The van der Waals surface area contributed by atoms with Crippen molar-refractivity contribution in [1.82, 2.24) is 14.9 Å². The summed E-state index contributed by atoms with van der Waals surface area (Å²) >= 11 is 1.39. The molecule has 0 aliphatic carbocycles. The Bertz CT molecular complexity index is 1120. The van der Waals surface area contributed by atoms with Crippen LogP contribution in [0.15, 0.2) is 48.0 Å². The number of nitrogens with two attached hydrogens (primary N) is 1. The van der Waals surface area contributed by atoms with Crippen molar-refractivity contribution in [3.05, 3.63) is 53.7 Å². The Kier molecular flexibility index (Phi) is 8.21. The van der Waals surface area contributed by atoms with Gasteiger partial charge in [-0.3, -0.25) is 14.5 Å². The average molecular weight is 489 g/mol. The SMILES string of the molecule is COc1cc(-c2nc(C(=O)Nc3ccccc3N3CCN(CC(N)=O)CC3)cs2)ccn1.Cl. The first-order valence-electron chi connectivity index (χ1n) is 10.2. The number of thiazole rings is 1. The van der Waals surface area contributed by atoms with Crippen LogP contribution in [0.1, 0.15) is 10.5 Å². The lowest BCUT2D eigenvalue weighted by atomic mass is 10.2. The largest absolute Gasteiger partial charge is 0.481 e. The second-order valence-electron chi connectivity index (χ2n) is 7.33. The van der Waals surface area contributed by atoms with Crippen LogP contribution in [0.4, 0.5) is 11.4 Å². The molecular weight excluding hydrogens is 464 g/mol. The van der Waals surface area contributed by atoms with E-state index < -0.39 is 0 Å². The first-order chi connectivity index (χ1) is 15.5. The standard InChI is InChI=1S/C22H24N6O3S.ClH/c1-31-20-12-15(6-7-24-20)22-26-17(14-32-22)21(30)25-16-4-2-3-5-18(16)28-10-8-27(9-11-28)13-19(23)29;/h2-7,12,14H,8-11,13H2,1H3,(H2,23,29)(H,25,30);1H. The van der Waals surface area contributed by atoms with E-state index in [9.17, 15) is 9.59 Å². The Morgan fingerprint density at radius 2 is 1.94 bits per heavy atom. The number of para-hydroxylation sites is 2. The second kappa shape index (κ2) is 11.1. The Labute approximate surface area is 202 Å². The van der Waals surface area contributed by atoms with E-state index in [1.807, 2.05) is 35.2 Å². The number of ether oxygens (including phenoxy) is 1. The number of carbonyl (C=O) groups is 2. The molecule has 0 atom stereocenters. The van der Waals surface area contributed by atoms with Crippen LogP contribution in [0.25, 0.3) is 10.6 Å². The number of methoxy groups -OCH3 is 1. The lowest BCUT2D eigenvalue weighted by Crippen LogP contribution is -2.49. The fraction of sp³-hybridized carbons (Fsp3) is 0.273. The van der Waals surface area contributed by atoms with Gasteiger partial charge in [0.2, 0.25) is 11.8 Å². The number of nitrogens with zero attached hydrogens (tertiary/aromatic N) is 4. The highest BCUT2D eigenvalue weighted by Gasteiger charge is 2.21. The molecule has 1 aliphatic heterocycles. The van der Waals surface area contributed by atoms with Crippen molar-refractivity contribution in [1.29, 1.82) is 0 Å². The maximum atomic E-state index is 12.9. The topological polar surface area (TPSA) is 114 Å². The molecule has 1 aromatic carbocycles. The zero-order valence-corrected chi connectivity index (χ0v) is 19.7. The molecule has 4 rings (SSSR count). The first-order valence-corrected chi connectivity index (χ1v) is 11.0. The van der Waals surface area contributed by atoms with Crippen molar-refractivity contribution >= 4 is 46.9 Å². The average Bonchev–Trinajstić information content (AvgIpc) is 3.30. The third kappa shape index (κ3) is 5.98. The van der Waals surface area contributed by atoms with E-state index in [1.54, 1.807) is 24.8 Å². The number of anilines is 2. The monoisotopic (exact) mass is 488 g/mol. The third-order valence-corrected chi connectivity index (χ3v) is 6.06. The van der Waals surface area contributed by atoms with Crippen LogP contribution in [0.3, 0.4) is 0 Å². The number of piperazine rings is 1. The zero-order valence-electron chi connectivity index (χ0n) is 18.1. The van der Waals surface area contributed by atoms with Crippen LogP contribution in [0.2, 0.25) is 0 Å². The van der Waals surface area contributed by atoms with Gasteiger partial charge < -0.3 is 20.7 Å². The van der Waals surface area contributed by atoms with Crippen molar-refractivity contribution in [2.45, 2.75) is 0 Å². The van der Waals surface area contributed by atoms with E-state index in [4.69, 9.17) is 10.5 Å². The summed E-state index contributed by atoms with van der Waals surface area (Å²) in [5.41, 5.74) is 8.15. The van der Waals surface area contributed by atoms with Crippen molar-refractivity contribution in [3.63, 3.8) is 0 Å². The van der Waals surface area contributed by atoms with E-state index in [0.29, 0.717) is 11.6 Å². The molecule has 9 nitrogen and oxygen atoms in total. The molecule has 33 heavy (non-hydrogen) atoms. The molecule has 174 valence electrons. The summed E-state index contributed by atoms with van der Waals surface area (Å²) in [7, 11) is 1.56. The van der Waals surface area contributed by atoms with E-state index in [0.717, 1.165) is 48.1 Å². The normalized spacial score (nSPS) is 13.8. The number of pyridine rings is 1. The summed E-state index contributed by atoms with van der Waals surface area (Å²) in [6, 6.07) is 11.3. The van der Waals surface area contributed by atoms with Crippen LogP contribution in [0.5, 0.6) is 5.88 Å². The summed E-state index contributed by atoms with van der Waals surface area (Å²) in [6.07, 6.45) is 1.65. The Morgan fingerprint density at radius 1 is 1.18 bits per heavy atom. The molecule has 1 aliphatic rings. The molecule has 3 heterocycles. The highest BCUT2D eigenvalue weighted by atomic mass is 35.5. The number of carbonyl (C=O) groups excluding carboxylic acids is 2. The summed E-state index contributed by atoms with van der Waals surface area (Å²) in [6.45, 7) is 3.21. The quantitative estimate of drug-likeness (QED) is 0.525. The van der Waals surface area contributed by atoms with Crippen molar-refractivity contribution in [2.24, 2.45) is 5.73 Å². The van der Waals surface area contributed by atoms with Crippen molar-refractivity contribution in [2.75, 3.05) is 50.1 Å². The number of halogens is 1. The fourth-order valence-electron chi connectivity index (χ4n) is 3.57. The van der Waals surface area contributed by atoms with Crippen LogP contribution in [-0.4, -0.2) is 66.5 Å². The van der Waals surface area contributed by atoms with Gasteiger partial charge in [-0.2, -0.15) is 0 Å². The van der Waals surface area contributed by atoms with Crippen molar-refractivity contribution < 1.29 is 14.3 Å². The van der Waals surface area contributed by atoms with Gasteiger partial charge >= 0.3 is 0 Å². The molecule has 0 spiro atoms. The minimum absolute atomic E-state index is 0. The van der Waals surface area contributed by atoms with Gasteiger partial charge in [0.1, 0.15) is 10.7 Å². The lowest BCUT2D eigenvalue weighted by molar-refractivity contribution is -0.119. The Balaban J connectivity index is 0.00000306. The van der Waals surface area contributed by atoms with Gasteiger partial charge in [0, 0.05) is 49.4 Å². The molecule has 1 saturated heterocycles. The predicted molar refractivity (Wildman–Crippen MR) is 131 cm³/mol. The van der Waals surface area contributed by atoms with E-state index in [-0.39, 0.29) is 30.8 Å². The number of aromatic nitrogens is 2. The van der Waals surface area contributed by atoms with Gasteiger partial charge in [-0.05, 0) is 18.2 Å². The molecule has 0 unspecified atom stereocenters. The Hall–Kier alpha value is -3.21. The van der Waals surface area contributed by atoms with Crippen LogP contribution >= 0.6 is 23.7 Å². The number of hydrogen-bond donors (Lipinski definition) is 2. The molecule has 0 bridgehead atoms.